The third-order valence-corrected chi connectivity index (χ3v) is 2.71. The van der Waals surface area contributed by atoms with Crippen molar-refractivity contribution in [1.82, 2.24) is 5.32 Å². The molecular formula is C13H27NO2. The molecule has 3 nitrogen and oxygen atoms in total. The fourth-order valence-corrected chi connectivity index (χ4v) is 1.61. The van der Waals surface area contributed by atoms with E-state index in [9.17, 15) is 4.79 Å². The van der Waals surface area contributed by atoms with E-state index in [0.29, 0.717) is 0 Å². The Balaban J connectivity index is 3.24. The number of carbonyl (C=O) groups excluding carboxylic acids is 1. The van der Waals surface area contributed by atoms with E-state index in [1.807, 2.05) is 6.92 Å². The van der Waals surface area contributed by atoms with Crippen molar-refractivity contribution in [3.8, 4) is 0 Å². The van der Waals surface area contributed by atoms with Crippen LogP contribution in [0.4, 0.5) is 0 Å². The highest BCUT2D eigenvalue weighted by molar-refractivity contribution is 5.74. The molecule has 0 heterocycles. The van der Waals surface area contributed by atoms with Crippen LogP contribution in [0.2, 0.25) is 0 Å². The normalized spacial score (nSPS) is 12.8. The molecule has 1 N–H and O–H groups in total. The van der Waals surface area contributed by atoms with E-state index in [-0.39, 0.29) is 12.0 Å². The van der Waals surface area contributed by atoms with E-state index in [4.69, 9.17) is 0 Å². The van der Waals surface area contributed by atoms with Crippen molar-refractivity contribution < 1.29 is 9.53 Å². The van der Waals surface area contributed by atoms with Crippen molar-refractivity contribution in [3.63, 3.8) is 0 Å². The molecule has 0 aliphatic rings. The van der Waals surface area contributed by atoms with Gasteiger partial charge in [0.05, 0.1) is 7.11 Å². The topological polar surface area (TPSA) is 38.3 Å². The average Bonchev–Trinajstić information content (AvgIpc) is 2.25. The third-order valence-electron chi connectivity index (χ3n) is 2.71. The van der Waals surface area contributed by atoms with E-state index in [0.717, 1.165) is 18.9 Å². The predicted molar refractivity (Wildman–Crippen MR) is 67.4 cm³/mol. The van der Waals surface area contributed by atoms with E-state index >= 15 is 0 Å². The summed E-state index contributed by atoms with van der Waals surface area (Å²) >= 11 is 0. The Morgan fingerprint density at radius 2 is 1.75 bits per heavy atom. The number of esters is 1. The summed E-state index contributed by atoms with van der Waals surface area (Å²) in [4.78, 5) is 11.1. The van der Waals surface area contributed by atoms with Gasteiger partial charge in [0.25, 0.3) is 0 Å². The zero-order chi connectivity index (χ0) is 12.4. The van der Waals surface area contributed by atoms with Crippen LogP contribution in [0.5, 0.6) is 0 Å². The summed E-state index contributed by atoms with van der Waals surface area (Å²) in [7, 11) is 1.42. The summed E-state index contributed by atoms with van der Waals surface area (Å²) in [5, 5.41) is 3.16. The first-order chi connectivity index (χ1) is 7.57. The molecule has 16 heavy (non-hydrogen) atoms. The molecule has 0 aliphatic heterocycles. The highest BCUT2D eigenvalue weighted by atomic mass is 16.5. The summed E-state index contributed by atoms with van der Waals surface area (Å²) < 4.78 is 4.63. The summed E-state index contributed by atoms with van der Waals surface area (Å²) in [6, 6.07) is -0.180. The minimum absolute atomic E-state index is 0.180. The lowest BCUT2D eigenvalue weighted by Crippen LogP contribution is -2.35. The maximum atomic E-state index is 11.1. The van der Waals surface area contributed by atoms with Gasteiger partial charge in [-0.25, -0.2) is 0 Å². The first kappa shape index (κ1) is 15.4. The van der Waals surface area contributed by atoms with Crippen molar-refractivity contribution in [1.29, 1.82) is 0 Å². The van der Waals surface area contributed by atoms with Crippen molar-refractivity contribution in [3.05, 3.63) is 0 Å². The van der Waals surface area contributed by atoms with Gasteiger partial charge in [0.2, 0.25) is 0 Å². The number of methoxy groups -OCH3 is 1. The van der Waals surface area contributed by atoms with Gasteiger partial charge in [0.1, 0.15) is 6.04 Å². The lowest BCUT2D eigenvalue weighted by Gasteiger charge is -2.11. The SMILES string of the molecule is COC(=O)C(C)NCCCCCCC(C)C. The van der Waals surface area contributed by atoms with Gasteiger partial charge in [0.15, 0.2) is 0 Å². The monoisotopic (exact) mass is 229 g/mol. The van der Waals surface area contributed by atoms with Gasteiger partial charge < -0.3 is 10.1 Å². The van der Waals surface area contributed by atoms with Gasteiger partial charge in [-0.3, -0.25) is 4.79 Å². The van der Waals surface area contributed by atoms with Crippen LogP contribution < -0.4 is 5.32 Å². The molecule has 0 aromatic heterocycles. The van der Waals surface area contributed by atoms with E-state index in [2.05, 4.69) is 23.9 Å². The van der Waals surface area contributed by atoms with Crippen LogP contribution in [-0.4, -0.2) is 25.7 Å². The fourth-order valence-electron chi connectivity index (χ4n) is 1.61. The summed E-state index contributed by atoms with van der Waals surface area (Å²) in [5.74, 6) is 0.636. The molecule has 0 aromatic carbocycles. The molecule has 96 valence electrons. The minimum Gasteiger partial charge on any atom is -0.468 e. The maximum absolute atomic E-state index is 11.1. The second-order valence-corrected chi connectivity index (χ2v) is 4.80. The highest BCUT2D eigenvalue weighted by Crippen LogP contribution is 2.08. The highest BCUT2D eigenvalue weighted by Gasteiger charge is 2.10. The third kappa shape index (κ3) is 8.72. The Kier molecular flexibility index (Phi) is 9.30. The van der Waals surface area contributed by atoms with Gasteiger partial charge in [-0.05, 0) is 25.8 Å². The Bertz CT molecular complexity index is 181. The molecule has 3 heteroatoms. The lowest BCUT2D eigenvalue weighted by atomic mass is 10.0. The van der Waals surface area contributed by atoms with E-state index < -0.39 is 0 Å². The predicted octanol–water partition coefficient (Wildman–Crippen LogP) is 2.74. The molecule has 0 aliphatic carbocycles. The van der Waals surface area contributed by atoms with Gasteiger partial charge in [-0.2, -0.15) is 0 Å². The smallest absolute Gasteiger partial charge is 0.322 e. The fraction of sp³-hybridized carbons (Fsp3) is 0.923. The van der Waals surface area contributed by atoms with Crippen LogP contribution in [0.15, 0.2) is 0 Å². The number of carbonyl (C=O) groups is 1. The molecule has 0 saturated carbocycles. The van der Waals surface area contributed by atoms with Crippen molar-refractivity contribution >= 4 is 5.97 Å². The Morgan fingerprint density at radius 1 is 1.12 bits per heavy atom. The molecule has 0 amide bonds. The number of nitrogens with one attached hydrogen (secondary N) is 1. The number of rotatable bonds is 9. The van der Waals surface area contributed by atoms with Crippen LogP contribution in [-0.2, 0) is 9.53 Å². The summed E-state index contributed by atoms with van der Waals surface area (Å²) in [6.45, 7) is 7.27. The second-order valence-electron chi connectivity index (χ2n) is 4.80. The Morgan fingerprint density at radius 3 is 2.31 bits per heavy atom. The molecule has 0 rings (SSSR count). The molecule has 0 bridgehead atoms. The number of hydrogen-bond donors (Lipinski definition) is 1. The van der Waals surface area contributed by atoms with Crippen LogP contribution in [0, 0.1) is 5.92 Å². The van der Waals surface area contributed by atoms with E-state index in [1.54, 1.807) is 0 Å². The summed E-state index contributed by atoms with van der Waals surface area (Å²) in [6.07, 6.45) is 6.33. The first-order valence-electron chi connectivity index (χ1n) is 6.39. The molecule has 0 radical (unpaired) electrons. The quantitative estimate of drug-likeness (QED) is 0.488. The molecular weight excluding hydrogens is 202 g/mol. The van der Waals surface area contributed by atoms with Crippen LogP contribution in [0.3, 0.4) is 0 Å². The maximum Gasteiger partial charge on any atom is 0.322 e. The number of unbranched alkanes of at least 4 members (excludes halogenated alkanes) is 3. The zero-order valence-corrected chi connectivity index (χ0v) is 11.2. The van der Waals surface area contributed by atoms with Crippen molar-refractivity contribution in [2.24, 2.45) is 5.92 Å². The van der Waals surface area contributed by atoms with E-state index in [1.165, 1.54) is 32.8 Å². The second kappa shape index (κ2) is 9.64. The molecule has 1 unspecified atom stereocenters. The van der Waals surface area contributed by atoms with Crippen LogP contribution in [0.1, 0.15) is 52.9 Å². The van der Waals surface area contributed by atoms with Crippen LogP contribution >= 0.6 is 0 Å². The average molecular weight is 229 g/mol. The number of hydrogen-bond acceptors (Lipinski definition) is 3. The first-order valence-corrected chi connectivity index (χ1v) is 6.39. The van der Waals surface area contributed by atoms with Gasteiger partial charge in [-0.1, -0.05) is 39.5 Å². The minimum atomic E-state index is -0.181. The molecule has 0 fully saturated rings. The van der Waals surface area contributed by atoms with Gasteiger partial charge in [0, 0.05) is 0 Å². The molecule has 1 atom stereocenters. The Labute approximate surface area is 99.9 Å². The summed E-state index contributed by atoms with van der Waals surface area (Å²) in [5.41, 5.74) is 0. The number of ether oxygens (including phenoxy) is 1. The Hall–Kier alpha value is -0.570. The molecule has 0 aromatic rings. The van der Waals surface area contributed by atoms with Crippen molar-refractivity contribution in [2.75, 3.05) is 13.7 Å². The largest absolute Gasteiger partial charge is 0.468 e. The lowest BCUT2D eigenvalue weighted by molar-refractivity contribution is -0.142. The van der Waals surface area contributed by atoms with Crippen molar-refractivity contribution in [2.45, 2.75) is 58.9 Å². The molecule has 0 spiro atoms. The standard InChI is InChI=1S/C13H27NO2/c1-11(2)9-7-5-6-8-10-14-12(3)13(15)16-4/h11-12,14H,5-10H2,1-4H3. The molecule has 0 saturated heterocycles. The van der Waals surface area contributed by atoms with Gasteiger partial charge in [-0.15, -0.1) is 0 Å². The zero-order valence-electron chi connectivity index (χ0n) is 11.2. The van der Waals surface area contributed by atoms with Gasteiger partial charge >= 0.3 is 5.97 Å². The van der Waals surface area contributed by atoms with Crippen LogP contribution in [0.25, 0.3) is 0 Å².